The summed E-state index contributed by atoms with van der Waals surface area (Å²) in [6.45, 7) is 1.71. The minimum absolute atomic E-state index is 0.210. The zero-order chi connectivity index (χ0) is 18.1. The van der Waals surface area contributed by atoms with Gasteiger partial charge >= 0.3 is 5.97 Å². The molecule has 0 aliphatic rings. The highest BCUT2D eigenvalue weighted by Gasteiger charge is 2.19. The van der Waals surface area contributed by atoms with E-state index >= 15 is 0 Å². The van der Waals surface area contributed by atoms with Crippen LogP contribution in [-0.4, -0.2) is 15.9 Å². The molecule has 4 aromatic heterocycles. The van der Waals surface area contributed by atoms with Crippen LogP contribution in [-0.2, 0) is 16.0 Å². The summed E-state index contributed by atoms with van der Waals surface area (Å²) in [6.07, 6.45) is -0.410. The van der Waals surface area contributed by atoms with Gasteiger partial charge in [-0.3, -0.25) is 9.59 Å². The summed E-state index contributed by atoms with van der Waals surface area (Å²) in [6, 6.07) is 5.82. The zero-order valence-corrected chi connectivity index (χ0v) is 16.2. The van der Waals surface area contributed by atoms with Gasteiger partial charge in [0.2, 0.25) is 0 Å². The van der Waals surface area contributed by atoms with Crippen LogP contribution in [0.4, 0.5) is 0 Å². The van der Waals surface area contributed by atoms with Gasteiger partial charge in [-0.25, -0.2) is 4.98 Å². The Balaban J connectivity index is 1.59. The summed E-state index contributed by atoms with van der Waals surface area (Å²) in [7, 11) is 0. The van der Waals surface area contributed by atoms with E-state index in [0.717, 1.165) is 16.0 Å². The van der Waals surface area contributed by atoms with Crippen LogP contribution < -0.4 is 5.56 Å². The minimum Gasteiger partial charge on any atom is -0.454 e. The molecule has 4 rings (SSSR count). The second-order valence-electron chi connectivity index (χ2n) is 5.70. The molecule has 0 amide bonds. The molecule has 0 radical (unpaired) electrons. The third-order valence-electron chi connectivity index (χ3n) is 3.87. The maximum Gasteiger partial charge on any atom is 0.310 e. The third-order valence-corrected chi connectivity index (χ3v) is 6.38. The fourth-order valence-electron chi connectivity index (χ4n) is 2.63. The first-order valence-corrected chi connectivity index (χ1v) is 10.6. The smallest absolute Gasteiger partial charge is 0.310 e. The fraction of sp³-hybridized carbons (Fsp3) is 0.167. The Morgan fingerprint density at radius 2 is 2.15 bits per heavy atom. The number of H-pyrrole nitrogens is 1. The summed E-state index contributed by atoms with van der Waals surface area (Å²) in [5.74, 6) is 0.0184. The van der Waals surface area contributed by atoms with Crippen molar-refractivity contribution < 1.29 is 9.53 Å². The molecule has 4 heterocycles. The Labute approximate surface area is 160 Å². The summed E-state index contributed by atoms with van der Waals surface area (Å²) >= 11 is 4.54. The van der Waals surface area contributed by atoms with Crippen LogP contribution in [0.3, 0.4) is 0 Å². The number of aromatic amines is 1. The highest BCUT2D eigenvalue weighted by atomic mass is 32.1. The van der Waals surface area contributed by atoms with Gasteiger partial charge in [0, 0.05) is 15.8 Å². The summed E-state index contributed by atoms with van der Waals surface area (Å²) in [5.41, 5.74) is 1.60. The normalized spacial score (nSPS) is 12.3. The number of aromatic nitrogens is 2. The van der Waals surface area contributed by atoms with Crippen LogP contribution in [0.1, 0.15) is 24.4 Å². The molecule has 0 bridgehead atoms. The number of hydrogen-bond donors (Lipinski definition) is 1. The number of hydrogen-bond acceptors (Lipinski definition) is 7. The Hall–Kier alpha value is -2.29. The Kier molecular flexibility index (Phi) is 4.71. The molecule has 1 atom stereocenters. The molecule has 5 nitrogen and oxygen atoms in total. The van der Waals surface area contributed by atoms with Gasteiger partial charge in [0.15, 0.2) is 11.9 Å². The van der Waals surface area contributed by atoms with Gasteiger partial charge < -0.3 is 9.72 Å². The van der Waals surface area contributed by atoms with Crippen LogP contribution in [0.5, 0.6) is 0 Å². The molecule has 0 fully saturated rings. The van der Waals surface area contributed by atoms with E-state index in [-0.39, 0.29) is 17.9 Å². The molecule has 26 heavy (non-hydrogen) atoms. The number of thiophene rings is 3. The molecular weight excluding hydrogens is 388 g/mol. The number of nitrogens with zero attached hydrogens (tertiary/aromatic N) is 1. The zero-order valence-electron chi connectivity index (χ0n) is 13.7. The van der Waals surface area contributed by atoms with E-state index in [1.54, 1.807) is 18.3 Å². The van der Waals surface area contributed by atoms with Gasteiger partial charge in [-0.15, -0.1) is 22.7 Å². The van der Waals surface area contributed by atoms with E-state index in [1.165, 1.54) is 22.7 Å². The molecular formula is C18H14N2O3S3. The molecule has 0 unspecified atom stereocenters. The molecule has 8 heteroatoms. The van der Waals surface area contributed by atoms with Crippen molar-refractivity contribution >= 4 is 50.2 Å². The van der Waals surface area contributed by atoms with Crippen molar-refractivity contribution in [1.29, 1.82) is 0 Å². The first-order valence-electron chi connectivity index (χ1n) is 7.87. The maximum absolute atomic E-state index is 12.6. The molecule has 0 aliphatic carbocycles. The van der Waals surface area contributed by atoms with Crippen molar-refractivity contribution in [1.82, 2.24) is 9.97 Å². The summed E-state index contributed by atoms with van der Waals surface area (Å²) < 4.78 is 5.43. The second kappa shape index (κ2) is 7.14. The highest BCUT2D eigenvalue weighted by Crippen LogP contribution is 2.33. The molecule has 0 aliphatic heterocycles. The van der Waals surface area contributed by atoms with Crippen molar-refractivity contribution in [3.8, 4) is 10.4 Å². The minimum atomic E-state index is -0.620. The first-order chi connectivity index (χ1) is 12.6. The van der Waals surface area contributed by atoms with E-state index in [4.69, 9.17) is 4.74 Å². The third kappa shape index (κ3) is 3.35. The summed E-state index contributed by atoms with van der Waals surface area (Å²) in [5, 5.41) is 8.33. The monoisotopic (exact) mass is 402 g/mol. The lowest BCUT2D eigenvalue weighted by molar-refractivity contribution is -0.148. The Morgan fingerprint density at radius 3 is 2.88 bits per heavy atom. The predicted octanol–water partition coefficient (Wildman–Crippen LogP) is 4.62. The first kappa shape index (κ1) is 17.1. The van der Waals surface area contributed by atoms with Crippen LogP contribution in [0.15, 0.2) is 44.5 Å². The number of ether oxygens (including phenoxy) is 1. The van der Waals surface area contributed by atoms with E-state index < -0.39 is 6.10 Å². The predicted molar refractivity (Wildman–Crippen MR) is 106 cm³/mol. The number of esters is 1. The molecule has 0 spiro atoms. The number of rotatable bonds is 5. The van der Waals surface area contributed by atoms with Gasteiger partial charge in [-0.1, -0.05) is 6.07 Å². The maximum atomic E-state index is 12.6. The van der Waals surface area contributed by atoms with E-state index in [0.29, 0.717) is 16.0 Å². The van der Waals surface area contributed by atoms with Gasteiger partial charge in [-0.05, 0) is 40.8 Å². The van der Waals surface area contributed by atoms with Gasteiger partial charge in [0.1, 0.15) is 4.83 Å². The molecule has 0 aromatic carbocycles. The average molecular weight is 403 g/mol. The number of nitrogens with one attached hydrogen (secondary N) is 1. The lowest BCUT2D eigenvalue weighted by Gasteiger charge is -2.12. The van der Waals surface area contributed by atoms with Gasteiger partial charge in [-0.2, -0.15) is 11.3 Å². The molecule has 0 saturated heterocycles. The molecule has 0 saturated carbocycles. The van der Waals surface area contributed by atoms with Crippen molar-refractivity contribution in [2.45, 2.75) is 19.4 Å². The van der Waals surface area contributed by atoms with Gasteiger partial charge in [0.05, 0.1) is 11.8 Å². The van der Waals surface area contributed by atoms with Crippen LogP contribution in [0, 0.1) is 0 Å². The van der Waals surface area contributed by atoms with E-state index in [1.807, 2.05) is 39.7 Å². The van der Waals surface area contributed by atoms with Crippen molar-refractivity contribution in [3.05, 3.63) is 61.5 Å². The topological polar surface area (TPSA) is 72.0 Å². The number of fused-ring (bicyclic) bond motifs is 1. The molecule has 1 N–H and O–H groups in total. The Bertz CT molecular complexity index is 1090. The average Bonchev–Trinajstić information content (AvgIpc) is 3.35. The number of carbonyl (C=O) groups excluding carboxylic acids is 1. The van der Waals surface area contributed by atoms with Crippen molar-refractivity contribution in [2.24, 2.45) is 0 Å². The summed E-state index contributed by atoms with van der Waals surface area (Å²) in [4.78, 5) is 33.6. The quantitative estimate of drug-likeness (QED) is 0.494. The van der Waals surface area contributed by atoms with Crippen LogP contribution >= 0.6 is 34.0 Å². The fourth-order valence-corrected chi connectivity index (χ4v) is 5.06. The Morgan fingerprint density at radius 1 is 1.27 bits per heavy atom. The van der Waals surface area contributed by atoms with Crippen LogP contribution in [0.25, 0.3) is 20.7 Å². The SMILES string of the molecule is C[C@@H](OC(=O)Cc1ccsc1)c1nc2scc(-c3cccs3)c2c(=O)[nH]1. The largest absolute Gasteiger partial charge is 0.454 e. The lowest BCUT2D eigenvalue weighted by atomic mass is 10.2. The van der Waals surface area contributed by atoms with Crippen molar-refractivity contribution in [3.63, 3.8) is 0 Å². The second-order valence-corrected chi connectivity index (χ2v) is 8.28. The van der Waals surface area contributed by atoms with E-state index in [9.17, 15) is 9.59 Å². The molecule has 132 valence electrons. The number of carbonyl (C=O) groups is 1. The van der Waals surface area contributed by atoms with E-state index in [2.05, 4.69) is 9.97 Å². The van der Waals surface area contributed by atoms with Crippen LogP contribution in [0.2, 0.25) is 0 Å². The standard InChI is InChI=1S/C18H14N2O3S3/c1-10(23-14(21)7-11-4-6-24-8-11)16-19-17(22)15-12(9-26-18(15)20-16)13-3-2-5-25-13/h2-6,8-10H,7H2,1H3,(H,19,20,22)/t10-/m1/s1. The highest BCUT2D eigenvalue weighted by molar-refractivity contribution is 7.18. The van der Waals surface area contributed by atoms with Gasteiger partial charge in [0.25, 0.3) is 5.56 Å². The van der Waals surface area contributed by atoms with Crippen molar-refractivity contribution in [2.75, 3.05) is 0 Å². The lowest BCUT2D eigenvalue weighted by Crippen LogP contribution is -2.17. The molecule has 4 aromatic rings.